The molecule has 29 heavy (non-hydrogen) atoms. The van der Waals surface area contributed by atoms with Gasteiger partial charge in [-0.25, -0.2) is 13.4 Å². The van der Waals surface area contributed by atoms with E-state index < -0.39 is 10.0 Å². The number of anilines is 2. The molecule has 148 valence electrons. The number of nitrogens with two attached hydrogens (primary N) is 1. The third-order valence-corrected chi connectivity index (χ3v) is 5.26. The molecule has 1 aromatic heterocycles. The zero-order valence-electron chi connectivity index (χ0n) is 16.3. The molecule has 0 atom stereocenters. The van der Waals surface area contributed by atoms with Gasteiger partial charge in [0.2, 0.25) is 10.0 Å². The van der Waals surface area contributed by atoms with Gasteiger partial charge in [-0.1, -0.05) is 42.0 Å². The summed E-state index contributed by atoms with van der Waals surface area (Å²) in [6.45, 7) is 2.68. The molecule has 6 nitrogen and oxygen atoms in total. The molecular weight excluding hydrogens is 384 g/mol. The first-order valence-corrected chi connectivity index (χ1v) is 11.1. The number of hydrogen-bond acceptors (Lipinski definition) is 4. The molecule has 0 amide bonds. The fourth-order valence-corrected chi connectivity index (χ4v) is 3.89. The van der Waals surface area contributed by atoms with Crippen LogP contribution in [0.25, 0.3) is 22.4 Å². The summed E-state index contributed by atoms with van der Waals surface area (Å²) in [6, 6.07) is 21.2. The van der Waals surface area contributed by atoms with Gasteiger partial charge in [0.05, 0.1) is 17.3 Å². The second-order valence-electron chi connectivity index (χ2n) is 7.21. The number of nitrogens with one attached hydrogen (secondary N) is 1. The molecule has 0 aliphatic carbocycles. The number of aryl methyl sites for hydroxylation is 1. The highest BCUT2D eigenvalue weighted by Gasteiger charge is 2.14. The first-order valence-electron chi connectivity index (χ1n) is 9.18. The van der Waals surface area contributed by atoms with Crippen LogP contribution in [0, 0.1) is 6.92 Å². The Morgan fingerprint density at radius 2 is 1.79 bits per heavy atom. The van der Waals surface area contributed by atoms with Crippen molar-refractivity contribution in [3.63, 3.8) is 0 Å². The molecule has 0 unspecified atom stereocenters. The van der Waals surface area contributed by atoms with Crippen molar-refractivity contribution in [2.24, 2.45) is 0 Å². The number of nitrogen functional groups attached to an aromatic ring is 1. The van der Waals surface area contributed by atoms with Crippen LogP contribution in [0.3, 0.4) is 0 Å². The number of fused-ring (bicyclic) bond motifs is 1. The zero-order chi connectivity index (χ0) is 20.6. The molecule has 4 aromatic rings. The van der Waals surface area contributed by atoms with Crippen LogP contribution in [-0.4, -0.2) is 24.2 Å². The summed E-state index contributed by atoms with van der Waals surface area (Å²) in [6.07, 6.45) is 1.13. The molecule has 7 heteroatoms. The maximum atomic E-state index is 11.6. The summed E-state index contributed by atoms with van der Waals surface area (Å²) >= 11 is 0. The first-order chi connectivity index (χ1) is 13.8. The van der Waals surface area contributed by atoms with Gasteiger partial charge in [-0.2, -0.15) is 0 Å². The number of imidazole rings is 1. The Hall–Kier alpha value is -3.32. The number of aromatic nitrogens is 2. The lowest BCUT2D eigenvalue weighted by atomic mass is 10.1. The van der Waals surface area contributed by atoms with Crippen LogP contribution in [0.4, 0.5) is 11.4 Å². The molecule has 0 radical (unpaired) electrons. The van der Waals surface area contributed by atoms with Gasteiger partial charge in [-0.05, 0) is 42.8 Å². The third kappa shape index (κ3) is 4.25. The van der Waals surface area contributed by atoms with Crippen molar-refractivity contribution in [2.45, 2.75) is 13.5 Å². The van der Waals surface area contributed by atoms with E-state index in [4.69, 9.17) is 10.7 Å². The minimum absolute atomic E-state index is 0.499. The van der Waals surface area contributed by atoms with E-state index in [2.05, 4.69) is 40.5 Å². The Labute approximate surface area is 170 Å². The summed E-state index contributed by atoms with van der Waals surface area (Å²) < 4.78 is 27.9. The van der Waals surface area contributed by atoms with E-state index in [-0.39, 0.29) is 0 Å². The van der Waals surface area contributed by atoms with Gasteiger partial charge in [0.15, 0.2) is 0 Å². The van der Waals surface area contributed by atoms with Crippen LogP contribution >= 0.6 is 0 Å². The number of sulfonamides is 1. The molecule has 0 aliphatic rings. The van der Waals surface area contributed by atoms with Crippen molar-refractivity contribution in [3.8, 4) is 11.4 Å². The van der Waals surface area contributed by atoms with E-state index in [9.17, 15) is 8.42 Å². The van der Waals surface area contributed by atoms with Crippen molar-refractivity contribution in [2.75, 3.05) is 16.7 Å². The molecule has 0 saturated carbocycles. The standard InChI is InChI=1S/C22H22N4O2S/c1-15-6-8-16(9-7-15)14-26-21-13-18(23)10-11-20(21)24-22(26)17-4-3-5-19(12-17)25-29(2,27)28/h3-13,25H,14,23H2,1-2H3. The molecule has 0 fully saturated rings. The second-order valence-corrected chi connectivity index (χ2v) is 8.96. The molecule has 0 aliphatic heterocycles. The second kappa shape index (κ2) is 7.25. The van der Waals surface area contributed by atoms with E-state index in [0.717, 1.165) is 34.2 Å². The largest absolute Gasteiger partial charge is 0.399 e. The molecule has 1 heterocycles. The van der Waals surface area contributed by atoms with Gasteiger partial charge < -0.3 is 10.3 Å². The molecule has 3 N–H and O–H groups in total. The fourth-order valence-electron chi connectivity index (χ4n) is 3.33. The minimum atomic E-state index is -3.36. The van der Waals surface area contributed by atoms with Crippen LogP contribution in [0.15, 0.2) is 66.7 Å². The van der Waals surface area contributed by atoms with Gasteiger partial charge in [0, 0.05) is 23.5 Å². The lowest BCUT2D eigenvalue weighted by Gasteiger charge is -2.11. The molecule has 3 aromatic carbocycles. The molecule has 4 rings (SSSR count). The average molecular weight is 407 g/mol. The number of benzene rings is 3. The van der Waals surface area contributed by atoms with Crippen molar-refractivity contribution in [1.82, 2.24) is 9.55 Å². The van der Waals surface area contributed by atoms with Gasteiger partial charge in [0.25, 0.3) is 0 Å². The number of nitrogens with zero attached hydrogens (tertiary/aromatic N) is 2. The maximum absolute atomic E-state index is 11.6. The predicted octanol–water partition coefficient (Wildman–Crippen LogP) is 4.01. The van der Waals surface area contributed by atoms with E-state index in [0.29, 0.717) is 17.9 Å². The Morgan fingerprint density at radius 1 is 1.03 bits per heavy atom. The highest BCUT2D eigenvalue weighted by Crippen LogP contribution is 2.29. The maximum Gasteiger partial charge on any atom is 0.229 e. The van der Waals surface area contributed by atoms with Crippen LogP contribution in [0.2, 0.25) is 0 Å². The quantitative estimate of drug-likeness (QED) is 0.490. The zero-order valence-corrected chi connectivity index (χ0v) is 17.1. The lowest BCUT2D eigenvalue weighted by Crippen LogP contribution is -2.09. The van der Waals surface area contributed by atoms with E-state index >= 15 is 0 Å². The van der Waals surface area contributed by atoms with Gasteiger partial charge in [-0.3, -0.25) is 4.72 Å². The Balaban J connectivity index is 1.86. The predicted molar refractivity (Wildman–Crippen MR) is 118 cm³/mol. The fraction of sp³-hybridized carbons (Fsp3) is 0.136. The van der Waals surface area contributed by atoms with Crippen LogP contribution in [-0.2, 0) is 16.6 Å². The molecule has 0 spiro atoms. The SMILES string of the molecule is Cc1ccc(Cn2c(-c3cccc(NS(C)(=O)=O)c3)nc3ccc(N)cc32)cc1. The third-order valence-electron chi connectivity index (χ3n) is 4.66. The summed E-state index contributed by atoms with van der Waals surface area (Å²) in [5.74, 6) is 0.753. The monoisotopic (exact) mass is 406 g/mol. The van der Waals surface area contributed by atoms with E-state index in [1.54, 1.807) is 12.1 Å². The van der Waals surface area contributed by atoms with Gasteiger partial charge in [0.1, 0.15) is 5.82 Å². The topological polar surface area (TPSA) is 90.0 Å². The summed E-state index contributed by atoms with van der Waals surface area (Å²) in [7, 11) is -3.36. The highest BCUT2D eigenvalue weighted by atomic mass is 32.2. The van der Waals surface area contributed by atoms with Crippen LogP contribution < -0.4 is 10.5 Å². The van der Waals surface area contributed by atoms with Crippen LogP contribution in [0.5, 0.6) is 0 Å². The Bertz CT molecular complexity index is 1290. The Morgan fingerprint density at radius 3 is 2.52 bits per heavy atom. The van der Waals surface area contributed by atoms with Crippen molar-refractivity contribution >= 4 is 32.4 Å². The molecular formula is C22H22N4O2S. The minimum Gasteiger partial charge on any atom is -0.399 e. The van der Waals surface area contributed by atoms with Crippen LogP contribution in [0.1, 0.15) is 11.1 Å². The summed E-state index contributed by atoms with van der Waals surface area (Å²) in [5.41, 5.74) is 12.1. The Kier molecular flexibility index (Phi) is 4.76. The average Bonchev–Trinajstić information content (AvgIpc) is 3.00. The number of hydrogen-bond donors (Lipinski definition) is 2. The lowest BCUT2D eigenvalue weighted by molar-refractivity contribution is 0.607. The number of rotatable bonds is 5. The molecule has 0 bridgehead atoms. The van der Waals surface area contributed by atoms with Crippen molar-refractivity contribution in [3.05, 3.63) is 77.9 Å². The van der Waals surface area contributed by atoms with Gasteiger partial charge >= 0.3 is 0 Å². The van der Waals surface area contributed by atoms with Gasteiger partial charge in [-0.15, -0.1) is 0 Å². The van der Waals surface area contributed by atoms with E-state index in [1.807, 2.05) is 30.3 Å². The van der Waals surface area contributed by atoms with Crippen molar-refractivity contribution < 1.29 is 8.42 Å². The van der Waals surface area contributed by atoms with E-state index in [1.165, 1.54) is 5.56 Å². The van der Waals surface area contributed by atoms with Crippen molar-refractivity contribution in [1.29, 1.82) is 0 Å². The smallest absolute Gasteiger partial charge is 0.229 e. The summed E-state index contributed by atoms with van der Waals surface area (Å²) in [5, 5.41) is 0. The summed E-state index contributed by atoms with van der Waals surface area (Å²) in [4.78, 5) is 4.81. The molecule has 0 saturated heterocycles. The normalized spacial score (nSPS) is 11.7. The highest BCUT2D eigenvalue weighted by molar-refractivity contribution is 7.92. The first kappa shape index (κ1) is 19.0.